The Morgan fingerprint density at radius 2 is 1.69 bits per heavy atom. The van der Waals surface area contributed by atoms with E-state index in [4.69, 9.17) is 9.72 Å². The van der Waals surface area contributed by atoms with Gasteiger partial charge in [-0.05, 0) is 53.9 Å². The van der Waals surface area contributed by atoms with Crippen LogP contribution in [0.1, 0.15) is 0 Å². The fourth-order valence-corrected chi connectivity index (χ4v) is 5.72. The Kier molecular flexibility index (Phi) is 4.67. The number of H-pyrrole nitrogens is 2. The molecule has 32 heavy (non-hydrogen) atoms. The van der Waals surface area contributed by atoms with Crippen molar-refractivity contribution < 1.29 is 4.74 Å². The maximum absolute atomic E-state index is 5.35. The van der Waals surface area contributed by atoms with Gasteiger partial charge in [-0.2, -0.15) is 0 Å². The summed E-state index contributed by atoms with van der Waals surface area (Å²) in [4.78, 5) is 15.7. The zero-order valence-corrected chi connectivity index (χ0v) is 18.9. The van der Waals surface area contributed by atoms with Crippen molar-refractivity contribution in [2.24, 2.45) is 0 Å². The maximum Gasteiger partial charge on any atom is 0.148 e. The van der Waals surface area contributed by atoms with Crippen LogP contribution in [0, 0.1) is 0 Å². The number of hydrogen-bond acceptors (Lipinski definition) is 4. The number of imidazole rings is 1. The Balaban J connectivity index is 1.51. The Morgan fingerprint density at radius 1 is 0.844 bits per heavy atom. The van der Waals surface area contributed by atoms with Crippen molar-refractivity contribution in [1.82, 2.24) is 15.0 Å². The van der Waals surface area contributed by atoms with Crippen molar-refractivity contribution >= 4 is 33.6 Å². The molecular weight excluding hydrogens is 434 g/mol. The smallest absolute Gasteiger partial charge is 0.148 e. The first-order chi connectivity index (χ1) is 15.8. The third kappa shape index (κ3) is 3.25. The van der Waals surface area contributed by atoms with Crippen LogP contribution in [0.2, 0.25) is 0 Å². The molecule has 6 heteroatoms. The lowest BCUT2D eigenvalue weighted by molar-refractivity contribution is 0.415. The SMILES string of the molecule is COc1ccc(-c2nc(-c3ccc(-c4cccs4)s3)[nH]c2-c2c[nH]c3ccccc23)cc1. The Labute approximate surface area is 193 Å². The van der Waals surface area contributed by atoms with Crippen LogP contribution in [-0.4, -0.2) is 22.1 Å². The highest BCUT2D eigenvalue weighted by Gasteiger charge is 2.19. The van der Waals surface area contributed by atoms with Crippen LogP contribution in [0.3, 0.4) is 0 Å². The number of nitrogens with zero attached hydrogens (tertiary/aromatic N) is 1. The van der Waals surface area contributed by atoms with E-state index in [1.807, 2.05) is 18.2 Å². The minimum atomic E-state index is 0.831. The van der Waals surface area contributed by atoms with Crippen LogP contribution < -0.4 is 4.74 Å². The van der Waals surface area contributed by atoms with E-state index in [0.717, 1.165) is 44.5 Å². The predicted molar refractivity (Wildman–Crippen MR) is 134 cm³/mol. The highest BCUT2D eigenvalue weighted by molar-refractivity contribution is 7.23. The van der Waals surface area contributed by atoms with Gasteiger partial charge in [0.1, 0.15) is 11.6 Å². The molecular formula is C26H19N3OS2. The van der Waals surface area contributed by atoms with Crippen LogP contribution >= 0.6 is 22.7 Å². The number of methoxy groups -OCH3 is 1. The van der Waals surface area contributed by atoms with E-state index in [1.54, 1.807) is 29.8 Å². The first kappa shape index (κ1) is 19.1. The summed E-state index contributed by atoms with van der Waals surface area (Å²) in [5.74, 6) is 1.71. The second kappa shape index (κ2) is 7.82. The fourth-order valence-electron chi connectivity index (χ4n) is 3.94. The van der Waals surface area contributed by atoms with E-state index in [9.17, 15) is 0 Å². The molecule has 4 nitrogen and oxygen atoms in total. The summed E-state index contributed by atoms with van der Waals surface area (Å²) in [5, 5.41) is 3.28. The summed E-state index contributed by atoms with van der Waals surface area (Å²) in [7, 11) is 1.68. The molecule has 0 atom stereocenters. The molecule has 0 saturated heterocycles. The molecule has 6 aromatic rings. The average molecular weight is 454 g/mol. The number of hydrogen-bond donors (Lipinski definition) is 2. The molecule has 0 spiro atoms. The molecule has 4 aromatic heterocycles. The molecule has 0 saturated carbocycles. The number of fused-ring (bicyclic) bond motifs is 1. The van der Waals surface area contributed by atoms with Crippen LogP contribution in [0.5, 0.6) is 5.75 Å². The van der Waals surface area contributed by atoms with Crippen molar-refractivity contribution in [1.29, 1.82) is 0 Å². The van der Waals surface area contributed by atoms with Gasteiger partial charge in [0.15, 0.2) is 0 Å². The molecule has 156 valence electrons. The predicted octanol–water partition coefficient (Wildman–Crippen LogP) is 7.69. The first-order valence-electron chi connectivity index (χ1n) is 10.2. The number of thiophene rings is 2. The number of rotatable bonds is 5. The van der Waals surface area contributed by atoms with Crippen LogP contribution in [0.25, 0.3) is 53.9 Å². The van der Waals surface area contributed by atoms with Gasteiger partial charge in [0.25, 0.3) is 0 Å². The lowest BCUT2D eigenvalue weighted by Crippen LogP contribution is -1.85. The standard InChI is InChI=1S/C26H19N3OS2/c1-30-17-10-8-16(9-11-17)24-25(19-15-27-20-6-3-2-5-18(19)20)29-26(28-24)23-13-12-22(32-23)21-7-4-14-31-21/h2-15,27H,1H3,(H,28,29). The Morgan fingerprint density at radius 3 is 2.50 bits per heavy atom. The number of para-hydroxylation sites is 1. The Bertz CT molecular complexity index is 1500. The number of nitrogens with one attached hydrogen (secondary N) is 2. The molecule has 2 aromatic carbocycles. The summed E-state index contributed by atoms with van der Waals surface area (Å²) in [6, 6.07) is 25.0. The highest BCUT2D eigenvalue weighted by atomic mass is 32.1. The van der Waals surface area contributed by atoms with Gasteiger partial charge in [0.05, 0.1) is 23.4 Å². The molecule has 2 N–H and O–H groups in total. The highest BCUT2D eigenvalue weighted by Crippen LogP contribution is 2.40. The van der Waals surface area contributed by atoms with Gasteiger partial charge in [-0.25, -0.2) is 4.98 Å². The van der Waals surface area contributed by atoms with E-state index >= 15 is 0 Å². The summed E-state index contributed by atoms with van der Waals surface area (Å²) >= 11 is 3.51. The number of aromatic nitrogens is 3. The molecule has 0 radical (unpaired) electrons. The van der Waals surface area contributed by atoms with E-state index in [-0.39, 0.29) is 0 Å². The van der Waals surface area contributed by atoms with Gasteiger partial charge in [0.2, 0.25) is 0 Å². The van der Waals surface area contributed by atoms with Crippen molar-refractivity contribution in [3.05, 3.63) is 84.4 Å². The quantitative estimate of drug-likeness (QED) is 0.281. The summed E-state index contributed by atoms with van der Waals surface area (Å²) in [6.07, 6.45) is 2.06. The minimum absolute atomic E-state index is 0.831. The van der Waals surface area contributed by atoms with E-state index in [2.05, 4.69) is 76.1 Å². The zero-order chi connectivity index (χ0) is 21.5. The molecule has 0 unspecified atom stereocenters. The zero-order valence-electron chi connectivity index (χ0n) is 17.3. The van der Waals surface area contributed by atoms with Gasteiger partial charge >= 0.3 is 0 Å². The van der Waals surface area contributed by atoms with Crippen LogP contribution in [-0.2, 0) is 0 Å². The third-order valence-corrected chi connectivity index (χ3v) is 7.69. The van der Waals surface area contributed by atoms with Gasteiger partial charge in [-0.3, -0.25) is 0 Å². The third-order valence-electron chi connectivity index (χ3n) is 5.53. The van der Waals surface area contributed by atoms with Crippen LogP contribution in [0.15, 0.2) is 84.4 Å². The van der Waals surface area contributed by atoms with E-state index in [1.165, 1.54) is 15.1 Å². The molecule has 6 rings (SSSR count). The first-order valence-corrected chi connectivity index (χ1v) is 11.9. The molecule has 0 aliphatic rings. The summed E-state index contributed by atoms with van der Waals surface area (Å²) < 4.78 is 5.35. The topological polar surface area (TPSA) is 53.7 Å². The Hall–Kier alpha value is -3.61. The van der Waals surface area contributed by atoms with Gasteiger partial charge < -0.3 is 14.7 Å². The molecule has 0 fully saturated rings. The average Bonchev–Trinajstić information content (AvgIpc) is 3.63. The molecule has 0 bridgehead atoms. The second-order valence-electron chi connectivity index (χ2n) is 7.43. The number of benzene rings is 2. The summed E-state index contributed by atoms with van der Waals surface area (Å²) in [5.41, 5.74) is 5.20. The fraction of sp³-hybridized carbons (Fsp3) is 0.0385. The maximum atomic E-state index is 5.35. The van der Waals surface area contributed by atoms with Gasteiger partial charge in [-0.15, -0.1) is 22.7 Å². The number of aromatic amines is 2. The van der Waals surface area contributed by atoms with E-state index < -0.39 is 0 Å². The lowest BCUT2D eigenvalue weighted by Gasteiger charge is -2.04. The van der Waals surface area contributed by atoms with Crippen molar-refractivity contribution in [2.75, 3.05) is 7.11 Å². The number of ether oxygens (including phenoxy) is 1. The van der Waals surface area contributed by atoms with Crippen molar-refractivity contribution in [3.8, 4) is 48.7 Å². The normalized spacial score (nSPS) is 11.3. The lowest BCUT2D eigenvalue weighted by atomic mass is 10.0. The molecule has 4 heterocycles. The molecule has 0 aliphatic heterocycles. The van der Waals surface area contributed by atoms with Gasteiger partial charge in [-0.1, -0.05) is 24.3 Å². The van der Waals surface area contributed by atoms with Crippen LogP contribution in [0.4, 0.5) is 0 Å². The minimum Gasteiger partial charge on any atom is -0.497 e. The van der Waals surface area contributed by atoms with Gasteiger partial charge in [0, 0.05) is 38.0 Å². The molecule has 0 amide bonds. The van der Waals surface area contributed by atoms with Crippen molar-refractivity contribution in [3.63, 3.8) is 0 Å². The monoisotopic (exact) mass is 453 g/mol. The molecule has 0 aliphatic carbocycles. The van der Waals surface area contributed by atoms with E-state index in [0.29, 0.717) is 0 Å². The summed E-state index contributed by atoms with van der Waals surface area (Å²) in [6.45, 7) is 0. The second-order valence-corrected chi connectivity index (χ2v) is 9.46. The van der Waals surface area contributed by atoms with Crippen molar-refractivity contribution in [2.45, 2.75) is 0 Å². The largest absolute Gasteiger partial charge is 0.497 e.